The standard InChI is InChI=1S/C25H19N3O4S/c29-25-24(26-30)22-15-20(11-13-23(22)28(25)16-17-6-2-1-3-7-17)27-33(31,32)21-12-10-18-8-4-5-9-19(18)14-21/h1-15,27,29H,16H2. The summed E-state index contributed by atoms with van der Waals surface area (Å²) in [5.41, 5.74) is 1.63. The van der Waals surface area contributed by atoms with Crippen LogP contribution in [0.3, 0.4) is 0 Å². The number of sulfonamides is 1. The summed E-state index contributed by atoms with van der Waals surface area (Å²) in [4.78, 5) is 11.6. The molecular weight excluding hydrogens is 438 g/mol. The molecule has 0 amide bonds. The molecule has 7 nitrogen and oxygen atoms in total. The first-order chi connectivity index (χ1) is 16.0. The van der Waals surface area contributed by atoms with E-state index in [1.807, 2.05) is 54.6 Å². The van der Waals surface area contributed by atoms with Gasteiger partial charge in [0.25, 0.3) is 10.0 Å². The minimum Gasteiger partial charge on any atom is -0.493 e. The maximum Gasteiger partial charge on any atom is 0.261 e. The van der Waals surface area contributed by atoms with Crippen molar-refractivity contribution in [2.75, 3.05) is 4.72 Å². The quantitative estimate of drug-likeness (QED) is 0.317. The zero-order valence-electron chi connectivity index (χ0n) is 17.3. The van der Waals surface area contributed by atoms with Gasteiger partial charge in [0, 0.05) is 11.1 Å². The number of nitrogens with one attached hydrogen (secondary N) is 1. The maximum absolute atomic E-state index is 13.0. The molecule has 1 heterocycles. The Kier molecular flexibility index (Phi) is 5.07. The van der Waals surface area contributed by atoms with Crippen molar-refractivity contribution in [1.29, 1.82) is 0 Å². The van der Waals surface area contributed by atoms with Crippen LogP contribution in [0.4, 0.5) is 11.4 Å². The van der Waals surface area contributed by atoms with Crippen LogP contribution >= 0.6 is 0 Å². The lowest BCUT2D eigenvalue weighted by atomic mass is 10.1. The van der Waals surface area contributed by atoms with Gasteiger partial charge in [-0.25, -0.2) is 8.42 Å². The van der Waals surface area contributed by atoms with Crippen molar-refractivity contribution in [3.63, 3.8) is 0 Å². The molecule has 33 heavy (non-hydrogen) atoms. The Morgan fingerprint density at radius 2 is 1.58 bits per heavy atom. The van der Waals surface area contributed by atoms with Crippen molar-refractivity contribution in [1.82, 2.24) is 4.57 Å². The topological polar surface area (TPSA) is 101 Å². The van der Waals surface area contributed by atoms with E-state index >= 15 is 0 Å². The number of benzene rings is 4. The Labute approximate surface area is 189 Å². The van der Waals surface area contributed by atoms with Crippen LogP contribution in [0.1, 0.15) is 5.56 Å². The molecule has 0 aliphatic carbocycles. The molecule has 0 unspecified atom stereocenters. The molecule has 0 radical (unpaired) electrons. The smallest absolute Gasteiger partial charge is 0.261 e. The Bertz CT molecular complexity index is 1610. The van der Waals surface area contributed by atoms with Gasteiger partial charge in [0.2, 0.25) is 5.88 Å². The van der Waals surface area contributed by atoms with Gasteiger partial charge in [0.1, 0.15) is 0 Å². The molecule has 0 saturated heterocycles. The highest BCUT2D eigenvalue weighted by molar-refractivity contribution is 7.92. The normalized spacial score (nSPS) is 11.6. The average Bonchev–Trinajstić information content (AvgIpc) is 3.09. The van der Waals surface area contributed by atoms with Gasteiger partial charge in [-0.05, 0) is 51.8 Å². The van der Waals surface area contributed by atoms with Gasteiger partial charge in [-0.1, -0.05) is 60.7 Å². The molecule has 0 bridgehead atoms. The van der Waals surface area contributed by atoms with Gasteiger partial charge in [-0.3, -0.25) is 4.72 Å². The van der Waals surface area contributed by atoms with Gasteiger partial charge in [-0.2, -0.15) is 0 Å². The molecule has 164 valence electrons. The van der Waals surface area contributed by atoms with E-state index in [2.05, 4.69) is 9.90 Å². The number of aromatic hydroxyl groups is 1. The van der Waals surface area contributed by atoms with Gasteiger partial charge >= 0.3 is 0 Å². The average molecular weight is 458 g/mol. The van der Waals surface area contributed by atoms with Crippen molar-refractivity contribution >= 4 is 43.1 Å². The highest BCUT2D eigenvalue weighted by Crippen LogP contribution is 2.40. The van der Waals surface area contributed by atoms with Crippen molar-refractivity contribution in [3.8, 4) is 5.88 Å². The molecular formula is C25H19N3O4S. The Morgan fingerprint density at radius 3 is 2.33 bits per heavy atom. The van der Waals surface area contributed by atoms with E-state index in [0.717, 1.165) is 16.3 Å². The number of hydrogen-bond donors (Lipinski definition) is 2. The molecule has 0 saturated carbocycles. The van der Waals surface area contributed by atoms with Crippen molar-refractivity contribution in [3.05, 3.63) is 101 Å². The first-order valence-corrected chi connectivity index (χ1v) is 11.7. The highest BCUT2D eigenvalue weighted by Gasteiger charge is 2.20. The summed E-state index contributed by atoms with van der Waals surface area (Å²) in [7, 11) is -3.87. The van der Waals surface area contributed by atoms with Crippen molar-refractivity contribution < 1.29 is 13.5 Å². The van der Waals surface area contributed by atoms with Gasteiger partial charge in [-0.15, -0.1) is 4.91 Å². The number of aromatic nitrogens is 1. The number of nitrogens with zero attached hydrogens (tertiary/aromatic N) is 2. The minimum atomic E-state index is -3.87. The summed E-state index contributed by atoms with van der Waals surface area (Å²) in [6.07, 6.45) is 0. The third kappa shape index (κ3) is 3.81. The third-order valence-electron chi connectivity index (χ3n) is 5.57. The zero-order valence-corrected chi connectivity index (χ0v) is 18.2. The molecule has 1 aromatic heterocycles. The number of nitroso groups, excluding NO2 is 1. The predicted octanol–water partition coefficient (Wildman–Crippen LogP) is 5.75. The first-order valence-electron chi connectivity index (χ1n) is 10.2. The lowest BCUT2D eigenvalue weighted by Crippen LogP contribution is -2.12. The summed E-state index contributed by atoms with van der Waals surface area (Å²) in [5, 5.41) is 15.7. The predicted molar refractivity (Wildman–Crippen MR) is 129 cm³/mol. The molecule has 5 aromatic rings. The fourth-order valence-corrected chi connectivity index (χ4v) is 5.04. The van der Waals surface area contributed by atoms with Crippen LogP contribution in [-0.2, 0) is 16.6 Å². The highest BCUT2D eigenvalue weighted by atomic mass is 32.2. The SMILES string of the molecule is O=Nc1c(O)n(Cc2ccccc2)c2ccc(NS(=O)(=O)c3ccc4ccccc4c3)cc12. The van der Waals surface area contributed by atoms with Crippen LogP contribution in [0.25, 0.3) is 21.7 Å². The second-order valence-electron chi connectivity index (χ2n) is 7.68. The van der Waals surface area contributed by atoms with E-state index in [1.165, 1.54) is 6.07 Å². The van der Waals surface area contributed by atoms with E-state index in [4.69, 9.17) is 0 Å². The number of rotatable bonds is 6. The van der Waals surface area contributed by atoms with Crippen LogP contribution in [0.2, 0.25) is 0 Å². The summed E-state index contributed by atoms with van der Waals surface area (Å²) in [6, 6.07) is 26.6. The second kappa shape index (κ2) is 8.07. The number of hydrogen-bond acceptors (Lipinski definition) is 5. The van der Waals surface area contributed by atoms with Crippen molar-refractivity contribution in [2.24, 2.45) is 5.18 Å². The van der Waals surface area contributed by atoms with Crippen LogP contribution in [0, 0.1) is 4.91 Å². The summed E-state index contributed by atoms with van der Waals surface area (Å²) < 4.78 is 30.1. The minimum absolute atomic E-state index is 0.125. The molecule has 0 aliphatic heterocycles. The van der Waals surface area contributed by atoms with E-state index in [0.29, 0.717) is 17.4 Å². The summed E-state index contributed by atoms with van der Waals surface area (Å²) >= 11 is 0. The fourth-order valence-electron chi connectivity index (χ4n) is 3.95. The third-order valence-corrected chi connectivity index (χ3v) is 6.95. The van der Waals surface area contributed by atoms with Crippen LogP contribution in [0.5, 0.6) is 5.88 Å². The summed E-state index contributed by atoms with van der Waals surface area (Å²) in [6.45, 7) is 0.334. The van der Waals surface area contributed by atoms with Gasteiger partial charge in [0.15, 0.2) is 5.69 Å². The first kappa shape index (κ1) is 20.7. The van der Waals surface area contributed by atoms with Gasteiger partial charge in [0.05, 0.1) is 17.0 Å². The van der Waals surface area contributed by atoms with Gasteiger partial charge < -0.3 is 9.67 Å². The molecule has 8 heteroatoms. The van der Waals surface area contributed by atoms with E-state index in [9.17, 15) is 18.4 Å². The fraction of sp³-hybridized carbons (Fsp3) is 0.0400. The molecule has 0 fully saturated rings. The lowest BCUT2D eigenvalue weighted by Gasteiger charge is -2.10. The molecule has 0 aliphatic rings. The Morgan fingerprint density at radius 1 is 0.848 bits per heavy atom. The molecule has 5 rings (SSSR count). The lowest BCUT2D eigenvalue weighted by molar-refractivity contribution is 0.430. The number of fused-ring (bicyclic) bond motifs is 2. The Balaban J connectivity index is 1.53. The van der Waals surface area contributed by atoms with E-state index in [-0.39, 0.29) is 22.2 Å². The monoisotopic (exact) mass is 457 g/mol. The van der Waals surface area contributed by atoms with Crippen LogP contribution in [-0.4, -0.2) is 18.1 Å². The molecule has 4 aromatic carbocycles. The van der Waals surface area contributed by atoms with Crippen LogP contribution < -0.4 is 4.72 Å². The number of anilines is 1. The molecule has 2 N–H and O–H groups in total. The van der Waals surface area contributed by atoms with Crippen LogP contribution in [0.15, 0.2) is 101 Å². The van der Waals surface area contributed by atoms with E-state index < -0.39 is 10.0 Å². The largest absolute Gasteiger partial charge is 0.493 e. The molecule has 0 atom stereocenters. The molecule has 0 spiro atoms. The van der Waals surface area contributed by atoms with Crippen molar-refractivity contribution in [2.45, 2.75) is 11.4 Å². The Hall–Kier alpha value is -4.17. The van der Waals surface area contributed by atoms with E-state index in [1.54, 1.807) is 34.9 Å². The summed E-state index contributed by atoms with van der Waals surface area (Å²) in [5.74, 6) is -0.265. The second-order valence-corrected chi connectivity index (χ2v) is 9.36. The zero-order chi connectivity index (χ0) is 23.0. The maximum atomic E-state index is 13.0.